The van der Waals surface area contributed by atoms with Crippen LogP contribution in [0.1, 0.15) is 40.2 Å². The van der Waals surface area contributed by atoms with Gasteiger partial charge in [0.1, 0.15) is 0 Å². The molecule has 1 aliphatic heterocycles. The smallest absolute Gasteiger partial charge is 0.253 e. The quantitative estimate of drug-likeness (QED) is 0.821. The zero-order valence-corrected chi connectivity index (χ0v) is 15.5. The number of carbonyl (C=O) groups excluding carboxylic acids is 1. The Labute approximate surface area is 154 Å². The Hall–Kier alpha value is -1.78. The van der Waals surface area contributed by atoms with Crippen molar-refractivity contribution < 1.29 is 9.90 Å². The SMILES string of the molecule is Cc1ccccc1[C@@H]1CCCN(C(=O)c2ccc(SCCO)cc2)C1. The minimum Gasteiger partial charge on any atom is -0.396 e. The van der Waals surface area contributed by atoms with Gasteiger partial charge in [-0.2, -0.15) is 0 Å². The summed E-state index contributed by atoms with van der Waals surface area (Å²) in [6.45, 7) is 3.95. The zero-order chi connectivity index (χ0) is 17.6. The second-order valence-electron chi connectivity index (χ2n) is 6.54. The van der Waals surface area contributed by atoms with E-state index in [1.807, 2.05) is 29.2 Å². The number of nitrogens with zero attached hydrogens (tertiary/aromatic N) is 1. The van der Waals surface area contributed by atoms with Crippen molar-refractivity contribution in [1.82, 2.24) is 4.90 Å². The topological polar surface area (TPSA) is 40.5 Å². The minimum absolute atomic E-state index is 0.122. The molecule has 0 aromatic heterocycles. The van der Waals surface area contributed by atoms with Crippen molar-refractivity contribution >= 4 is 17.7 Å². The van der Waals surface area contributed by atoms with Crippen molar-refractivity contribution in [2.24, 2.45) is 0 Å². The molecule has 0 spiro atoms. The van der Waals surface area contributed by atoms with E-state index < -0.39 is 0 Å². The van der Waals surface area contributed by atoms with Crippen LogP contribution in [0.2, 0.25) is 0 Å². The van der Waals surface area contributed by atoms with Crippen LogP contribution in [-0.4, -0.2) is 41.4 Å². The van der Waals surface area contributed by atoms with Crippen LogP contribution in [0.4, 0.5) is 0 Å². The van der Waals surface area contributed by atoms with E-state index in [0.29, 0.717) is 11.7 Å². The number of aliphatic hydroxyl groups excluding tert-OH is 1. The maximum atomic E-state index is 12.9. The highest BCUT2D eigenvalue weighted by molar-refractivity contribution is 7.99. The third-order valence-corrected chi connectivity index (χ3v) is 5.79. The van der Waals surface area contributed by atoms with Crippen LogP contribution in [0.15, 0.2) is 53.4 Å². The largest absolute Gasteiger partial charge is 0.396 e. The molecule has 1 saturated heterocycles. The number of benzene rings is 2. The van der Waals surface area contributed by atoms with Crippen molar-refractivity contribution in [3.63, 3.8) is 0 Å². The molecule has 1 heterocycles. The molecule has 2 aromatic carbocycles. The van der Waals surface area contributed by atoms with Gasteiger partial charge < -0.3 is 10.0 Å². The average molecular weight is 356 g/mol. The summed E-state index contributed by atoms with van der Waals surface area (Å²) in [5, 5.41) is 8.90. The lowest BCUT2D eigenvalue weighted by atomic mass is 9.88. The number of aryl methyl sites for hydroxylation is 1. The molecule has 0 radical (unpaired) electrons. The highest BCUT2D eigenvalue weighted by Gasteiger charge is 2.26. The second-order valence-corrected chi connectivity index (χ2v) is 7.71. The normalized spacial score (nSPS) is 17.5. The molecule has 1 atom stereocenters. The molecule has 0 saturated carbocycles. The fourth-order valence-electron chi connectivity index (χ4n) is 3.50. The molecule has 1 N–H and O–H groups in total. The number of hydrogen-bond acceptors (Lipinski definition) is 3. The minimum atomic E-state index is 0.122. The number of aliphatic hydroxyl groups is 1. The van der Waals surface area contributed by atoms with Crippen LogP contribution < -0.4 is 0 Å². The van der Waals surface area contributed by atoms with Crippen molar-refractivity contribution in [3.05, 3.63) is 65.2 Å². The highest BCUT2D eigenvalue weighted by atomic mass is 32.2. The van der Waals surface area contributed by atoms with Crippen LogP contribution in [0, 0.1) is 6.92 Å². The molecule has 3 rings (SSSR count). The summed E-state index contributed by atoms with van der Waals surface area (Å²) in [7, 11) is 0. The van der Waals surface area contributed by atoms with Crippen molar-refractivity contribution in [3.8, 4) is 0 Å². The van der Waals surface area contributed by atoms with Gasteiger partial charge in [0.25, 0.3) is 5.91 Å². The van der Waals surface area contributed by atoms with E-state index in [2.05, 4.69) is 31.2 Å². The number of likely N-dealkylation sites (tertiary alicyclic amines) is 1. The molecular weight excluding hydrogens is 330 g/mol. The summed E-state index contributed by atoms with van der Waals surface area (Å²) < 4.78 is 0. The van der Waals surface area contributed by atoms with Gasteiger partial charge >= 0.3 is 0 Å². The first kappa shape index (κ1) is 18.0. The van der Waals surface area contributed by atoms with Crippen LogP contribution in [-0.2, 0) is 0 Å². The van der Waals surface area contributed by atoms with E-state index in [9.17, 15) is 4.79 Å². The first-order chi connectivity index (χ1) is 12.2. The van der Waals surface area contributed by atoms with Crippen molar-refractivity contribution in [2.45, 2.75) is 30.6 Å². The van der Waals surface area contributed by atoms with Crippen molar-refractivity contribution in [2.75, 3.05) is 25.4 Å². The fraction of sp³-hybridized carbons (Fsp3) is 0.381. The molecule has 4 heteroatoms. The lowest BCUT2D eigenvalue weighted by molar-refractivity contribution is 0.0707. The maximum Gasteiger partial charge on any atom is 0.253 e. The molecule has 3 nitrogen and oxygen atoms in total. The predicted octanol–water partition coefficient (Wildman–Crippen LogP) is 4.10. The van der Waals surface area contributed by atoms with E-state index in [4.69, 9.17) is 5.11 Å². The molecule has 1 fully saturated rings. The molecule has 25 heavy (non-hydrogen) atoms. The van der Waals surface area contributed by atoms with E-state index in [1.54, 1.807) is 11.8 Å². The molecule has 1 aliphatic rings. The summed E-state index contributed by atoms with van der Waals surface area (Å²) in [6.07, 6.45) is 2.19. The number of piperidine rings is 1. The molecule has 0 unspecified atom stereocenters. The molecule has 0 bridgehead atoms. The summed E-state index contributed by atoms with van der Waals surface area (Å²) in [4.78, 5) is 15.9. The fourth-order valence-corrected chi connectivity index (χ4v) is 4.16. The second kappa shape index (κ2) is 8.54. The Morgan fingerprint density at radius 2 is 1.96 bits per heavy atom. The lowest BCUT2D eigenvalue weighted by Crippen LogP contribution is -2.39. The first-order valence-electron chi connectivity index (χ1n) is 8.87. The third-order valence-electron chi connectivity index (χ3n) is 4.80. The van der Waals surface area contributed by atoms with Crippen LogP contribution in [0.5, 0.6) is 0 Å². The Bertz CT molecular complexity index is 714. The average Bonchev–Trinajstić information content (AvgIpc) is 2.67. The molecular formula is C21H25NO2S. The third kappa shape index (κ3) is 4.44. The first-order valence-corrected chi connectivity index (χ1v) is 9.86. The molecule has 132 valence electrons. The van der Waals surface area contributed by atoms with Gasteiger partial charge in [-0.15, -0.1) is 11.8 Å². The van der Waals surface area contributed by atoms with Gasteiger partial charge in [-0.1, -0.05) is 24.3 Å². The van der Waals surface area contributed by atoms with Gasteiger partial charge in [0.15, 0.2) is 0 Å². The zero-order valence-electron chi connectivity index (χ0n) is 14.6. The van der Waals surface area contributed by atoms with Crippen LogP contribution in [0.25, 0.3) is 0 Å². The Balaban J connectivity index is 1.68. The maximum absolute atomic E-state index is 12.9. The van der Waals surface area contributed by atoms with E-state index in [0.717, 1.165) is 36.4 Å². The van der Waals surface area contributed by atoms with Gasteiger partial charge in [-0.25, -0.2) is 0 Å². The summed E-state index contributed by atoms with van der Waals surface area (Å²) in [5.41, 5.74) is 3.43. The van der Waals surface area contributed by atoms with E-state index >= 15 is 0 Å². The van der Waals surface area contributed by atoms with Crippen LogP contribution >= 0.6 is 11.8 Å². The number of rotatable bonds is 5. The summed E-state index contributed by atoms with van der Waals surface area (Å²) >= 11 is 1.60. The Morgan fingerprint density at radius 1 is 1.20 bits per heavy atom. The predicted molar refractivity (Wildman–Crippen MR) is 103 cm³/mol. The van der Waals surface area contributed by atoms with Crippen LogP contribution in [0.3, 0.4) is 0 Å². The highest BCUT2D eigenvalue weighted by Crippen LogP contribution is 2.30. The standard InChI is InChI=1S/C21H25NO2S/c1-16-5-2-3-7-20(16)18-6-4-12-22(15-18)21(24)17-8-10-19(11-9-17)25-14-13-23/h2-3,5,7-11,18,23H,4,6,12-15H2,1H3/t18-/m1/s1. The lowest BCUT2D eigenvalue weighted by Gasteiger charge is -2.33. The monoisotopic (exact) mass is 355 g/mol. The molecule has 0 aliphatic carbocycles. The van der Waals surface area contributed by atoms with E-state index in [-0.39, 0.29) is 12.5 Å². The molecule has 2 aromatic rings. The van der Waals surface area contributed by atoms with Gasteiger partial charge in [-0.3, -0.25) is 4.79 Å². The summed E-state index contributed by atoms with van der Waals surface area (Å²) in [5.74, 6) is 1.23. The summed E-state index contributed by atoms with van der Waals surface area (Å²) in [6, 6.07) is 16.2. The number of amides is 1. The Morgan fingerprint density at radius 3 is 2.68 bits per heavy atom. The number of hydrogen-bond donors (Lipinski definition) is 1. The number of thioether (sulfide) groups is 1. The van der Waals surface area contributed by atoms with Gasteiger partial charge in [0.2, 0.25) is 0 Å². The van der Waals surface area contributed by atoms with E-state index in [1.165, 1.54) is 11.1 Å². The van der Waals surface area contributed by atoms with Gasteiger partial charge in [0, 0.05) is 35.2 Å². The van der Waals surface area contributed by atoms with Crippen molar-refractivity contribution in [1.29, 1.82) is 0 Å². The van der Waals surface area contributed by atoms with Gasteiger partial charge in [-0.05, 0) is 55.2 Å². The Kier molecular flexibility index (Phi) is 6.16. The van der Waals surface area contributed by atoms with Gasteiger partial charge in [0.05, 0.1) is 6.61 Å². The number of carbonyl (C=O) groups is 1. The molecule has 1 amide bonds.